The molecule has 0 unspecified atom stereocenters. The first-order chi connectivity index (χ1) is 9.67. The number of unbranched alkanes of at least 4 members (excludes halogenated alkanes) is 1. The number of aromatic nitrogens is 2. The van der Waals surface area contributed by atoms with Crippen LogP contribution < -0.4 is 16.0 Å². The number of methoxy groups -OCH3 is 1. The minimum absolute atomic E-state index is 0.206. The number of aryl methyl sites for hydroxylation is 1. The van der Waals surface area contributed by atoms with Crippen molar-refractivity contribution in [3.63, 3.8) is 0 Å². The molecular weight excluding hydrogens is 254 g/mol. The molecule has 2 N–H and O–H groups in total. The van der Waals surface area contributed by atoms with E-state index in [1.807, 2.05) is 24.3 Å². The summed E-state index contributed by atoms with van der Waals surface area (Å²) in [5.74, 6) is 0.708. The van der Waals surface area contributed by atoms with Crippen molar-refractivity contribution < 1.29 is 4.74 Å². The number of para-hydroxylation sites is 1. The molecule has 0 atom stereocenters. The summed E-state index contributed by atoms with van der Waals surface area (Å²) in [5.41, 5.74) is 7.25. The highest BCUT2D eigenvalue weighted by Gasteiger charge is 2.11. The van der Waals surface area contributed by atoms with Gasteiger partial charge in [-0.15, -0.1) is 0 Å². The summed E-state index contributed by atoms with van der Waals surface area (Å²) in [4.78, 5) is 12.0. The molecule has 0 saturated heterocycles. The second kappa shape index (κ2) is 6.23. The predicted octanol–water partition coefficient (Wildman–Crippen LogP) is 2.30. The van der Waals surface area contributed by atoms with Crippen molar-refractivity contribution in [3.8, 4) is 17.0 Å². The average Bonchev–Trinajstić information content (AvgIpc) is 2.48. The maximum absolute atomic E-state index is 12.0. The van der Waals surface area contributed by atoms with Crippen molar-refractivity contribution in [2.24, 2.45) is 0 Å². The third-order valence-corrected chi connectivity index (χ3v) is 3.11. The van der Waals surface area contributed by atoms with E-state index >= 15 is 0 Å². The fourth-order valence-electron chi connectivity index (χ4n) is 2.01. The number of anilines is 1. The van der Waals surface area contributed by atoms with Gasteiger partial charge in [0.2, 0.25) is 0 Å². The summed E-state index contributed by atoms with van der Waals surface area (Å²) < 4.78 is 6.75. The van der Waals surface area contributed by atoms with Crippen LogP contribution in [-0.4, -0.2) is 16.9 Å². The van der Waals surface area contributed by atoms with Gasteiger partial charge in [-0.05, 0) is 24.6 Å². The van der Waals surface area contributed by atoms with Gasteiger partial charge in [0.25, 0.3) is 5.56 Å². The molecule has 0 amide bonds. The molecule has 0 aliphatic heterocycles. The number of benzene rings is 1. The Kier molecular flexibility index (Phi) is 4.40. The normalized spacial score (nSPS) is 10.5. The Morgan fingerprint density at radius 2 is 2.10 bits per heavy atom. The lowest BCUT2D eigenvalue weighted by Crippen LogP contribution is -2.25. The van der Waals surface area contributed by atoms with E-state index in [9.17, 15) is 4.79 Å². The zero-order valence-electron chi connectivity index (χ0n) is 11.8. The molecule has 0 bridgehead atoms. The van der Waals surface area contributed by atoms with E-state index in [1.54, 1.807) is 13.2 Å². The largest absolute Gasteiger partial charge is 0.496 e. The topological polar surface area (TPSA) is 70.1 Å². The molecule has 5 heteroatoms. The van der Waals surface area contributed by atoms with Crippen molar-refractivity contribution in [3.05, 3.63) is 40.7 Å². The monoisotopic (exact) mass is 273 g/mol. The van der Waals surface area contributed by atoms with E-state index in [2.05, 4.69) is 12.0 Å². The van der Waals surface area contributed by atoms with Crippen LogP contribution in [0.1, 0.15) is 19.8 Å². The zero-order chi connectivity index (χ0) is 14.5. The first-order valence-electron chi connectivity index (χ1n) is 6.68. The number of nitrogens with two attached hydrogens (primary N) is 1. The number of ether oxygens (including phenoxy) is 1. The van der Waals surface area contributed by atoms with Crippen molar-refractivity contribution in [2.75, 3.05) is 12.8 Å². The lowest BCUT2D eigenvalue weighted by atomic mass is 10.1. The highest BCUT2D eigenvalue weighted by molar-refractivity contribution is 5.68. The molecular formula is C15H19N3O2. The Morgan fingerprint density at radius 3 is 2.80 bits per heavy atom. The molecule has 20 heavy (non-hydrogen) atoms. The number of rotatable bonds is 5. The van der Waals surface area contributed by atoms with Gasteiger partial charge in [0.05, 0.1) is 12.8 Å². The Morgan fingerprint density at radius 1 is 1.35 bits per heavy atom. The van der Waals surface area contributed by atoms with Crippen LogP contribution in [0.4, 0.5) is 5.69 Å². The van der Waals surface area contributed by atoms with E-state index in [0.29, 0.717) is 18.0 Å². The molecule has 0 aliphatic carbocycles. The second-order valence-corrected chi connectivity index (χ2v) is 4.57. The molecule has 1 aromatic carbocycles. The summed E-state index contributed by atoms with van der Waals surface area (Å²) in [5, 5.41) is 4.39. The molecule has 1 aromatic heterocycles. The van der Waals surface area contributed by atoms with Crippen LogP contribution in [0.2, 0.25) is 0 Å². The maximum atomic E-state index is 12.0. The van der Waals surface area contributed by atoms with Gasteiger partial charge in [0.1, 0.15) is 11.4 Å². The maximum Gasteiger partial charge on any atom is 0.289 e. The van der Waals surface area contributed by atoms with Gasteiger partial charge >= 0.3 is 0 Å². The van der Waals surface area contributed by atoms with E-state index < -0.39 is 0 Å². The molecule has 106 valence electrons. The van der Waals surface area contributed by atoms with Gasteiger partial charge in [-0.2, -0.15) is 5.10 Å². The first-order valence-corrected chi connectivity index (χ1v) is 6.68. The van der Waals surface area contributed by atoms with Crippen LogP contribution in [0.15, 0.2) is 35.1 Å². The van der Waals surface area contributed by atoms with Gasteiger partial charge in [-0.1, -0.05) is 25.5 Å². The summed E-state index contributed by atoms with van der Waals surface area (Å²) in [7, 11) is 1.61. The van der Waals surface area contributed by atoms with Crippen molar-refractivity contribution in [1.82, 2.24) is 9.78 Å². The van der Waals surface area contributed by atoms with Gasteiger partial charge in [0, 0.05) is 12.1 Å². The van der Waals surface area contributed by atoms with Crippen molar-refractivity contribution in [1.29, 1.82) is 0 Å². The van der Waals surface area contributed by atoms with E-state index in [0.717, 1.165) is 18.4 Å². The molecule has 5 nitrogen and oxygen atoms in total. The minimum Gasteiger partial charge on any atom is -0.496 e. The summed E-state index contributed by atoms with van der Waals surface area (Å²) in [6.45, 7) is 2.64. The quantitative estimate of drug-likeness (QED) is 0.907. The number of nitrogen functional groups attached to an aromatic ring is 1. The molecule has 0 spiro atoms. The highest BCUT2D eigenvalue weighted by atomic mass is 16.5. The van der Waals surface area contributed by atoms with Crippen LogP contribution in [0, 0.1) is 0 Å². The van der Waals surface area contributed by atoms with E-state index in [1.165, 1.54) is 4.68 Å². The van der Waals surface area contributed by atoms with Gasteiger partial charge in [0.15, 0.2) is 0 Å². The van der Waals surface area contributed by atoms with Crippen molar-refractivity contribution >= 4 is 5.69 Å². The predicted molar refractivity (Wildman–Crippen MR) is 79.8 cm³/mol. The molecule has 0 fully saturated rings. The molecule has 2 rings (SSSR count). The van der Waals surface area contributed by atoms with Crippen LogP contribution in [0.5, 0.6) is 5.75 Å². The van der Waals surface area contributed by atoms with E-state index in [4.69, 9.17) is 10.5 Å². The average molecular weight is 273 g/mol. The molecule has 0 saturated carbocycles. The lowest BCUT2D eigenvalue weighted by molar-refractivity contribution is 0.416. The number of hydrogen-bond donors (Lipinski definition) is 1. The molecule has 1 heterocycles. The number of hydrogen-bond acceptors (Lipinski definition) is 4. The summed E-state index contributed by atoms with van der Waals surface area (Å²) >= 11 is 0. The second-order valence-electron chi connectivity index (χ2n) is 4.57. The fraction of sp³-hybridized carbons (Fsp3) is 0.333. The van der Waals surface area contributed by atoms with Crippen LogP contribution in [-0.2, 0) is 6.54 Å². The standard InChI is InChI=1S/C15H19N3O2/c1-3-4-9-18-15(19)12(16)10-13(17-18)11-7-5-6-8-14(11)20-2/h5-8,10H,3-4,9,16H2,1-2H3. The Balaban J connectivity index is 2.52. The zero-order valence-corrected chi connectivity index (χ0v) is 11.8. The van der Waals surface area contributed by atoms with Crippen LogP contribution >= 0.6 is 0 Å². The molecule has 0 radical (unpaired) electrons. The Bertz CT molecular complexity index is 650. The van der Waals surface area contributed by atoms with Crippen LogP contribution in [0.3, 0.4) is 0 Å². The SMILES string of the molecule is CCCCn1nc(-c2ccccc2OC)cc(N)c1=O. The van der Waals surface area contributed by atoms with Gasteiger partial charge in [-0.3, -0.25) is 4.79 Å². The molecule has 0 aliphatic rings. The van der Waals surface area contributed by atoms with E-state index in [-0.39, 0.29) is 11.2 Å². The Hall–Kier alpha value is -2.30. The smallest absolute Gasteiger partial charge is 0.289 e. The first kappa shape index (κ1) is 14.1. The van der Waals surface area contributed by atoms with Gasteiger partial charge in [-0.25, -0.2) is 4.68 Å². The van der Waals surface area contributed by atoms with Crippen LogP contribution in [0.25, 0.3) is 11.3 Å². The lowest BCUT2D eigenvalue weighted by Gasteiger charge is -2.11. The summed E-state index contributed by atoms with van der Waals surface area (Å²) in [6, 6.07) is 9.14. The third-order valence-electron chi connectivity index (χ3n) is 3.11. The Labute approximate surface area is 118 Å². The number of nitrogens with zero attached hydrogens (tertiary/aromatic N) is 2. The fourth-order valence-corrected chi connectivity index (χ4v) is 2.01. The van der Waals surface area contributed by atoms with Crippen molar-refractivity contribution in [2.45, 2.75) is 26.3 Å². The highest BCUT2D eigenvalue weighted by Crippen LogP contribution is 2.28. The summed E-state index contributed by atoms with van der Waals surface area (Å²) in [6.07, 6.45) is 1.88. The minimum atomic E-state index is -0.239. The third kappa shape index (κ3) is 2.82. The molecule has 2 aromatic rings. The van der Waals surface area contributed by atoms with Gasteiger partial charge < -0.3 is 10.5 Å².